The Kier molecular flexibility index (Phi) is 4.16. The molecule has 24 heavy (non-hydrogen) atoms. The first-order valence-electron chi connectivity index (χ1n) is 7.43. The van der Waals surface area contributed by atoms with Gasteiger partial charge in [0.25, 0.3) is 0 Å². The lowest BCUT2D eigenvalue weighted by molar-refractivity contribution is -0.159. The molecule has 1 aliphatic rings. The number of urea groups is 1. The van der Waals surface area contributed by atoms with E-state index in [1.807, 2.05) is 6.92 Å². The number of carbonyl (C=O) groups excluding carboxylic acids is 1. The van der Waals surface area contributed by atoms with Crippen LogP contribution in [0.25, 0.3) is 11.4 Å². The Balaban J connectivity index is 1.69. The highest BCUT2D eigenvalue weighted by molar-refractivity contribution is 5.90. The average molecular weight is 340 g/mol. The molecule has 0 radical (unpaired) electrons. The van der Waals surface area contributed by atoms with Crippen LogP contribution in [0.15, 0.2) is 28.8 Å². The van der Waals surface area contributed by atoms with Crippen molar-refractivity contribution in [2.45, 2.75) is 32.0 Å². The van der Waals surface area contributed by atoms with Crippen LogP contribution in [-0.2, 0) is 6.18 Å². The molecular formula is C15H15F3N4O2. The number of nitrogens with zero attached hydrogens (tertiary/aromatic N) is 3. The van der Waals surface area contributed by atoms with Gasteiger partial charge in [0.2, 0.25) is 5.82 Å². The van der Waals surface area contributed by atoms with E-state index in [2.05, 4.69) is 20.0 Å². The fourth-order valence-electron chi connectivity index (χ4n) is 2.59. The Labute approximate surface area is 135 Å². The minimum absolute atomic E-state index is 0.159. The van der Waals surface area contributed by atoms with Crippen molar-refractivity contribution >= 4 is 11.7 Å². The van der Waals surface area contributed by atoms with E-state index < -0.39 is 12.1 Å². The third kappa shape index (κ3) is 3.34. The highest BCUT2D eigenvalue weighted by Crippen LogP contribution is 2.29. The van der Waals surface area contributed by atoms with Gasteiger partial charge in [-0.1, -0.05) is 5.16 Å². The van der Waals surface area contributed by atoms with Gasteiger partial charge in [0.05, 0.1) is 0 Å². The molecule has 6 nitrogen and oxygen atoms in total. The molecule has 1 N–H and O–H groups in total. The van der Waals surface area contributed by atoms with Crippen molar-refractivity contribution in [3.05, 3.63) is 30.2 Å². The van der Waals surface area contributed by atoms with Crippen LogP contribution < -0.4 is 5.32 Å². The fraction of sp³-hybridized carbons (Fsp3) is 0.400. The zero-order valence-corrected chi connectivity index (χ0v) is 12.8. The number of rotatable bonds is 2. The van der Waals surface area contributed by atoms with Crippen molar-refractivity contribution < 1.29 is 22.5 Å². The number of hydrogen-bond acceptors (Lipinski definition) is 4. The Morgan fingerprint density at radius 3 is 2.58 bits per heavy atom. The van der Waals surface area contributed by atoms with Crippen molar-refractivity contribution in [3.63, 3.8) is 0 Å². The summed E-state index contributed by atoms with van der Waals surface area (Å²) in [7, 11) is 0. The SMILES string of the molecule is CC1CCCN1C(=O)Nc1ccc(-c2noc(C(F)(F)F)n2)cc1. The Hall–Kier alpha value is -2.58. The summed E-state index contributed by atoms with van der Waals surface area (Å²) >= 11 is 0. The zero-order valence-electron chi connectivity index (χ0n) is 12.8. The Bertz CT molecular complexity index is 727. The summed E-state index contributed by atoms with van der Waals surface area (Å²) in [6.45, 7) is 2.71. The summed E-state index contributed by atoms with van der Waals surface area (Å²) in [6, 6.07) is 6.22. The molecule has 1 aromatic carbocycles. The maximum absolute atomic E-state index is 12.5. The molecular weight excluding hydrogens is 325 g/mol. The first-order chi connectivity index (χ1) is 11.3. The number of amides is 2. The number of carbonyl (C=O) groups is 1. The summed E-state index contributed by atoms with van der Waals surface area (Å²) in [5.41, 5.74) is 0.907. The maximum Gasteiger partial charge on any atom is 0.471 e. The lowest BCUT2D eigenvalue weighted by atomic mass is 10.2. The molecule has 0 saturated carbocycles. The minimum atomic E-state index is -4.68. The van der Waals surface area contributed by atoms with Gasteiger partial charge >= 0.3 is 18.1 Å². The number of nitrogens with one attached hydrogen (secondary N) is 1. The van der Waals surface area contributed by atoms with Gasteiger partial charge in [-0.25, -0.2) is 4.79 Å². The fourth-order valence-corrected chi connectivity index (χ4v) is 2.59. The standard InChI is InChI=1S/C15H15F3N4O2/c1-9-3-2-8-22(9)14(23)19-11-6-4-10(5-7-11)12-20-13(24-21-12)15(16,17)18/h4-7,9H,2-3,8H2,1H3,(H,19,23). The molecule has 1 atom stereocenters. The van der Waals surface area contributed by atoms with Crippen LogP contribution in [0.3, 0.4) is 0 Å². The molecule has 0 spiro atoms. The molecule has 1 aromatic heterocycles. The summed E-state index contributed by atoms with van der Waals surface area (Å²) < 4.78 is 41.6. The van der Waals surface area contributed by atoms with E-state index in [1.54, 1.807) is 17.0 Å². The van der Waals surface area contributed by atoms with Crippen molar-refractivity contribution in [2.75, 3.05) is 11.9 Å². The number of anilines is 1. The van der Waals surface area contributed by atoms with Gasteiger partial charge in [-0.15, -0.1) is 0 Å². The molecule has 3 rings (SSSR count). The second-order valence-electron chi connectivity index (χ2n) is 5.61. The molecule has 0 aliphatic carbocycles. The molecule has 2 amide bonds. The summed E-state index contributed by atoms with van der Waals surface area (Å²) in [5.74, 6) is -1.55. The molecule has 1 saturated heterocycles. The van der Waals surface area contributed by atoms with Gasteiger partial charge in [0, 0.05) is 23.8 Å². The quantitative estimate of drug-likeness (QED) is 0.903. The monoisotopic (exact) mass is 340 g/mol. The third-order valence-electron chi connectivity index (χ3n) is 3.88. The van der Waals surface area contributed by atoms with Crippen LogP contribution in [0.1, 0.15) is 25.7 Å². The maximum atomic E-state index is 12.5. The Morgan fingerprint density at radius 1 is 1.33 bits per heavy atom. The predicted molar refractivity (Wildman–Crippen MR) is 79.2 cm³/mol. The van der Waals surface area contributed by atoms with Gasteiger partial charge in [0.1, 0.15) is 0 Å². The van der Waals surface area contributed by atoms with E-state index in [0.29, 0.717) is 17.8 Å². The van der Waals surface area contributed by atoms with Crippen LogP contribution in [0.4, 0.5) is 23.7 Å². The molecule has 1 aliphatic heterocycles. The van der Waals surface area contributed by atoms with Crippen LogP contribution in [0.5, 0.6) is 0 Å². The van der Waals surface area contributed by atoms with Crippen LogP contribution in [0, 0.1) is 0 Å². The molecule has 0 bridgehead atoms. The van der Waals surface area contributed by atoms with Crippen molar-refractivity contribution in [2.24, 2.45) is 0 Å². The van der Waals surface area contributed by atoms with E-state index in [1.165, 1.54) is 12.1 Å². The van der Waals surface area contributed by atoms with Gasteiger partial charge in [-0.2, -0.15) is 18.2 Å². The van der Waals surface area contributed by atoms with Gasteiger partial charge in [-0.3, -0.25) is 0 Å². The van der Waals surface area contributed by atoms with E-state index in [0.717, 1.165) is 12.8 Å². The summed E-state index contributed by atoms with van der Waals surface area (Å²) in [6.07, 6.45) is -2.72. The van der Waals surface area contributed by atoms with Gasteiger partial charge in [-0.05, 0) is 44.0 Å². The smallest absolute Gasteiger partial charge is 0.329 e. The zero-order chi connectivity index (χ0) is 17.3. The van der Waals surface area contributed by atoms with E-state index in [4.69, 9.17) is 0 Å². The number of hydrogen-bond donors (Lipinski definition) is 1. The number of aromatic nitrogens is 2. The molecule has 128 valence electrons. The molecule has 2 heterocycles. The van der Waals surface area contributed by atoms with E-state index in [-0.39, 0.29) is 17.9 Å². The largest absolute Gasteiger partial charge is 0.471 e. The van der Waals surface area contributed by atoms with Crippen molar-refractivity contribution in [3.8, 4) is 11.4 Å². The number of likely N-dealkylation sites (tertiary alicyclic amines) is 1. The lowest BCUT2D eigenvalue weighted by Crippen LogP contribution is -2.37. The predicted octanol–water partition coefficient (Wildman–Crippen LogP) is 3.77. The highest BCUT2D eigenvalue weighted by atomic mass is 19.4. The first kappa shape index (κ1) is 16.3. The van der Waals surface area contributed by atoms with E-state index >= 15 is 0 Å². The number of alkyl halides is 3. The normalized spacial score (nSPS) is 18.0. The van der Waals surface area contributed by atoms with Gasteiger partial charge in [0.15, 0.2) is 0 Å². The highest BCUT2D eigenvalue weighted by Gasteiger charge is 2.38. The minimum Gasteiger partial charge on any atom is -0.329 e. The second-order valence-corrected chi connectivity index (χ2v) is 5.61. The first-order valence-corrected chi connectivity index (χ1v) is 7.43. The average Bonchev–Trinajstić information content (AvgIpc) is 3.16. The van der Waals surface area contributed by atoms with Crippen LogP contribution in [0.2, 0.25) is 0 Å². The number of halogens is 3. The molecule has 1 unspecified atom stereocenters. The molecule has 1 fully saturated rings. The van der Waals surface area contributed by atoms with Gasteiger partial charge < -0.3 is 14.7 Å². The molecule has 9 heteroatoms. The summed E-state index contributed by atoms with van der Waals surface area (Å²) in [4.78, 5) is 17.2. The topological polar surface area (TPSA) is 71.3 Å². The van der Waals surface area contributed by atoms with Crippen molar-refractivity contribution in [1.82, 2.24) is 15.0 Å². The lowest BCUT2D eigenvalue weighted by Gasteiger charge is -2.21. The van der Waals surface area contributed by atoms with E-state index in [9.17, 15) is 18.0 Å². The second kappa shape index (κ2) is 6.14. The van der Waals surface area contributed by atoms with Crippen LogP contribution >= 0.6 is 0 Å². The van der Waals surface area contributed by atoms with Crippen LogP contribution in [-0.4, -0.2) is 33.7 Å². The Morgan fingerprint density at radius 2 is 2.04 bits per heavy atom. The number of benzene rings is 1. The third-order valence-corrected chi connectivity index (χ3v) is 3.88. The molecule has 2 aromatic rings. The van der Waals surface area contributed by atoms with Crippen molar-refractivity contribution in [1.29, 1.82) is 0 Å². The summed E-state index contributed by atoms with van der Waals surface area (Å²) in [5, 5.41) is 6.08.